The van der Waals surface area contributed by atoms with Crippen LogP contribution in [-0.2, 0) is 16.0 Å². The lowest BCUT2D eigenvalue weighted by Crippen LogP contribution is -2.37. The fourth-order valence-corrected chi connectivity index (χ4v) is 1.73. The fourth-order valence-electron chi connectivity index (χ4n) is 1.73. The van der Waals surface area contributed by atoms with Crippen molar-refractivity contribution in [2.24, 2.45) is 0 Å². The highest BCUT2D eigenvalue weighted by Crippen LogP contribution is 2.18. The van der Waals surface area contributed by atoms with Gasteiger partial charge < -0.3 is 19.5 Å². The van der Waals surface area contributed by atoms with Crippen LogP contribution >= 0.6 is 0 Å². The van der Waals surface area contributed by atoms with Crippen molar-refractivity contribution in [1.82, 2.24) is 9.97 Å². The Morgan fingerprint density at radius 2 is 2.22 bits per heavy atom. The Balaban J connectivity index is 2.24. The Morgan fingerprint density at radius 1 is 1.50 bits per heavy atom. The molecule has 0 unspecified atom stereocenters. The maximum absolute atomic E-state index is 10.7. The maximum Gasteiger partial charge on any atom is 0.311 e. The van der Waals surface area contributed by atoms with E-state index in [1.54, 1.807) is 6.07 Å². The highest BCUT2D eigenvalue weighted by atomic mass is 16.5. The molecule has 1 aliphatic rings. The van der Waals surface area contributed by atoms with E-state index in [0.29, 0.717) is 24.9 Å². The van der Waals surface area contributed by atoms with Crippen LogP contribution < -0.4 is 9.64 Å². The second-order valence-electron chi connectivity index (χ2n) is 3.85. The predicted molar refractivity (Wildman–Crippen MR) is 63.0 cm³/mol. The molecule has 1 fully saturated rings. The molecule has 1 aromatic rings. The lowest BCUT2D eigenvalue weighted by atomic mass is 10.3. The number of nitrogens with zero attached hydrogens (tertiary/aromatic N) is 3. The molecule has 1 aliphatic heterocycles. The average Bonchev–Trinajstić information content (AvgIpc) is 2.38. The number of hydrogen-bond acceptors (Lipinski definition) is 6. The molecular weight excluding hydrogens is 238 g/mol. The molecule has 1 N–H and O–H groups in total. The van der Waals surface area contributed by atoms with Crippen LogP contribution in [0.5, 0.6) is 5.88 Å². The number of carboxylic acid groups (broad SMARTS) is 1. The zero-order valence-electron chi connectivity index (χ0n) is 10.1. The third-order valence-corrected chi connectivity index (χ3v) is 2.59. The number of rotatable bonds is 4. The molecule has 0 atom stereocenters. The Labute approximate surface area is 104 Å². The van der Waals surface area contributed by atoms with Gasteiger partial charge in [-0.2, -0.15) is 4.98 Å². The quantitative estimate of drug-likeness (QED) is 0.805. The summed E-state index contributed by atoms with van der Waals surface area (Å²) in [7, 11) is 1.50. The Bertz CT molecular complexity index is 432. The molecule has 98 valence electrons. The molecule has 1 saturated heterocycles. The van der Waals surface area contributed by atoms with E-state index in [0.717, 1.165) is 13.1 Å². The van der Waals surface area contributed by atoms with E-state index in [1.165, 1.54) is 7.11 Å². The minimum Gasteiger partial charge on any atom is -0.481 e. The normalized spacial score (nSPS) is 15.5. The van der Waals surface area contributed by atoms with Crippen LogP contribution in [-0.4, -0.2) is 54.5 Å². The van der Waals surface area contributed by atoms with Crippen molar-refractivity contribution >= 4 is 11.8 Å². The van der Waals surface area contributed by atoms with E-state index >= 15 is 0 Å². The van der Waals surface area contributed by atoms with Gasteiger partial charge in [-0.15, -0.1) is 0 Å². The van der Waals surface area contributed by atoms with Gasteiger partial charge >= 0.3 is 5.97 Å². The summed E-state index contributed by atoms with van der Waals surface area (Å²) in [5.41, 5.74) is 0. The standard InChI is InChI=1S/C11H15N3O4/c1-17-10-7-9(14-2-4-18-5-3-14)12-8(13-10)6-11(15)16/h7H,2-6H2,1H3,(H,15,16). The number of anilines is 1. The third-order valence-electron chi connectivity index (χ3n) is 2.59. The minimum absolute atomic E-state index is 0.214. The first-order valence-electron chi connectivity index (χ1n) is 5.65. The highest BCUT2D eigenvalue weighted by molar-refractivity contribution is 5.69. The Morgan fingerprint density at radius 3 is 2.83 bits per heavy atom. The van der Waals surface area contributed by atoms with Crippen molar-refractivity contribution in [1.29, 1.82) is 0 Å². The summed E-state index contributed by atoms with van der Waals surface area (Å²) >= 11 is 0. The molecule has 18 heavy (non-hydrogen) atoms. The Kier molecular flexibility index (Phi) is 3.93. The van der Waals surface area contributed by atoms with Gasteiger partial charge in [0.2, 0.25) is 5.88 Å². The smallest absolute Gasteiger partial charge is 0.311 e. The first kappa shape index (κ1) is 12.6. The topological polar surface area (TPSA) is 84.8 Å². The number of methoxy groups -OCH3 is 1. The molecule has 7 heteroatoms. The monoisotopic (exact) mass is 253 g/mol. The second kappa shape index (κ2) is 5.63. The number of morpholine rings is 1. The van der Waals surface area contributed by atoms with Crippen molar-refractivity contribution in [3.63, 3.8) is 0 Å². The summed E-state index contributed by atoms with van der Waals surface area (Å²) in [5, 5.41) is 8.78. The van der Waals surface area contributed by atoms with Gasteiger partial charge in [0, 0.05) is 19.2 Å². The van der Waals surface area contributed by atoms with Crippen LogP contribution in [0, 0.1) is 0 Å². The highest BCUT2D eigenvalue weighted by Gasteiger charge is 2.16. The Hall–Kier alpha value is -1.89. The molecular formula is C11H15N3O4. The van der Waals surface area contributed by atoms with Crippen LogP contribution in [0.25, 0.3) is 0 Å². The van der Waals surface area contributed by atoms with Crippen molar-refractivity contribution in [2.75, 3.05) is 38.3 Å². The first-order valence-corrected chi connectivity index (χ1v) is 5.65. The summed E-state index contributed by atoms with van der Waals surface area (Å²) in [4.78, 5) is 21.0. The number of carbonyl (C=O) groups is 1. The molecule has 2 rings (SSSR count). The molecule has 0 radical (unpaired) electrons. The minimum atomic E-state index is -0.962. The number of ether oxygens (including phenoxy) is 2. The van der Waals surface area contributed by atoms with Crippen molar-refractivity contribution in [3.05, 3.63) is 11.9 Å². The van der Waals surface area contributed by atoms with E-state index < -0.39 is 5.97 Å². The summed E-state index contributed by atoms with van der Waals surface area (Å²) in [5.74, 6) is 0.351. The van der Waals surface area contributed by atoms with E-state index in [4.69, 9.17) is 14.6 Å². The molecule has 0 spiro atoms. The number of hydrogen-bond donors (Lipinski definition) is 1. The zero-order valence-corrected chi connectivity index (χ0v) is 10.1. The molecule has 0 aromatic carbocycles. The van der Waals surface area contributed by atoms with Gasteiger partial charge in [0.1, 0.15) is 18.1 Å². The summed E-state index contributed by atoms with van der Waals surface area (Å²) in [6.45, 7) is 2.74. The molecule has 0 bridgehead atoms. The lowest BCUT2D eigenvalue weighted by Gasteiger charge is -2.28. The molecule has 0 amide bonds. The van der Waals surface area contributed by atoms with Crippen LogP contribution in [0.15, 0.2) is 6.07 Å². The number of aromatic nitrogens is 2. The zero-order chi connectivity index (χ0) is 13.0. The van der Waals surface area contributed by atoms with Crippen LogP contribution in [0.4, 0.5) is 5.82 Å². The van der Waals surface area contributed by atoms with Crippen molar-refractivity contribution < 1.29 is 19.4 Å². The number of carboxylic acids is 1. The third kappa shape index (κ3) is 3.07. The van der Waals surface area contributed by atoms with Crippen molar-refractivity contribution in [2.45, 2.75) is 6.42 Å². The fraction of sp³-hybridized carbons (Fsp3) is 0.545. The molecule has 0 aliphatic carbocycles. The summed E-state index contributed by atoms with van der Waals surface area (Å²) in [6, 6.07) is 1.71. The van der Waals surface area contributed by atoms with Crippen LogP contribution in [0.3, 0.4) is 0 Å². The average molecular weight is 253 g/mol. The van der Waals surface area contributed by atoms with Crippen LogP contribution in [0.1, 0.15) is 5.82 Å². The SMILES string of the molecule is COc1cc(N2CCOCC2)nc(CC(=O)O)n1. The first-order chi connectivity index (χ1) is 8.69. The maximum atomic E-state index is 10.7. The molecule has 7 nitrogen and oxygen atoms in total. The van der Waals surface area contributed by atoms with Gasteiger partial charge in [-0.1, -0.05) is 0 Å². The molecule has 2 heterocycles. The van der Waals surface area contributed by atoms with Crippen LogP contribution in [0.2, 0.25) is 0 Å². The molecule has 0 saturated carbocycles. The number of aliphatic carboxylic acids is 1. The second-order valence-corrected chi connectivity index (χ2v) is 3.85. The largest absolute Gasteiger partial charge is 0.481 e. The van der Waals surface area contributed by atoms with Gasteiger partial charge in [0.05, 0.1) is 20.3 Å². The summed E-state index contributed by atoms with van der Waals surface area (Å²) in [6.07, 6.45) is -0.214. The van der Waals surface area contributed by atoms with Gasteiger partial charge in [-0.25, -0.2) is 4.98 Å². The summed E-state index contributed by atoms with van der Waals surface area (Å²) < 4.78 is 10.3. The van der Waals surface area contributed by atoms with Gasteiger partial charge in [-0.3, -0.25) is 4.79 Å². The van der Waals surface area contributed by atoms with E-state index in [-0.39, 0.29) is 12.2 Å². The predicted octanol–water partition coefficient (Wildman–Crippen LogP) is -0.0511. The van der Waals surface area contributed by atoms with Gasteiger partial charge in [0.15, 0.2) is 0 Å². The van der Waals surface area contributed by atoms with E-state index in [1.807, 2.05) is 4.90 Å². The molecule has 1 aromatic heterocycles. The lowest BCUT2D eigenvalue weighted by molar-refractivity contribution is -0.136. The van der Waals surface area contributed by atoms with E-state index in [2.05, 4.69) is 9.97 Å². The van der Waals surface area contributed by atoms with Gasteiger partial charge in [0.25, 0.3) is 0 Å². The van der Waals surface area contributed by atoms with E-state index in [9.17, 15) is 4.79 Å². The van der Waals surface area contributed by atoms with Gasteiger partial charge in [-0.05, 0) is 0 Å². The van der Waals surface area contributed by atoms with Crippen molar-refractivity contribution in [3.8, 4) is 5.88 Å².